The average Bonchev–Trinajstić information content (AvgIpc) is 2.92. The second-order valence-electron chi connectivity index (χ2n) is 5.29. The zero-order chi connectivity index (χ0) is 15.0. The molecule has 0 unspecified atom stereocenters. The molecule has 4 heteroatoms. The molecule has 2 aromatic carbocycles. The van der Waals surface area contributed by atoms with E-state index in [9.17, 15) is 9.90 Å². The number of fused-ring (bicyclic) bond motifs is 1. The molecular formula is C17H15NO3. The van der Waals surface area contributed by atoms with Gasteiger partial charge in [-0.15, -0.1) is 0 Å². The van der Waals surface area contributed by atoms with E-state index < -0.39 is 5.97 Å². The van der Waals surface area contributed by atoms with Crippen molar-refractivity contribution in [3.8, 4) is 11.3 Å². The first-order valence-corrected chi connectivity index (χ1v) is 6.80. The molecular weight excluding hydrogens is 266 g/mol. The summed E-state index contributed by atoms with van der Waals surface area (Å²) in [4.78, 5) is 11.5. The average molecular weight is 281 g/mol. The standard InChI is InChI=1S/C17H15NO3/c1-10(2)16-14(17(19)20)15(18-21-16)13-8-7-11-5-3-4-6-12(11)9-13/h3-10H,1-2H3,(H,19,20). The second kappa shape index (κ2) is 5.05. The number of hydrogen-bond acceptors (Lipinski definition) is 3. The van der Waals surface area contributed by atoms with E-state index in [0.29, 0.717) is 11.5 Å². The number of carbonyl (C=O) groups is 1. The molecule has 0 spiro atoms. The lowest BCUT2D eigenvalue weighted by atomic mass is 9.99. The summed E-state index contributed by atoms with van der Waals surface area (Å²) in [5.74, 6) is -0.633. The van der Waals surface area contributed by atoms with Crippen molar-refractivity contribution in [1.29, 1.82) is 0 Å². The number of benzene rings is 2. The van der Waals surface area contributed by atoms with Crippen LogP contribution in [-0.4, -0.2) is 16.2 Å². The molecule has 106 valence electrons. The van der Waals surface area contributed by atoms with E-state index in [2.05, 4.69) is 5.16 Å². The van der Waals surface area contributed by atoms with Crippen LogP contribution in [0.2, 0.25) is 0 Å². The van der Waals surface area contributed by atoms with Crippen LogP contribution < -0.4 is 0 Å². The lowest BCUT2D eigenvalue weighted by Crippen LogP contribution is -2.02. The molecule has 0 radical (unpaired) electrons. The summed E-state index contributed by atoms with van der Waals surface area (Å²) in [6, 6.07) is 13.7. The zero-order valence-corrected chi connectivity index (χ0v) is 11.8. The van der Waals surface area contributed by atoms with Gasteiger partial charge in [0.25, 0.3) is 0 Å². The molecule has 0 aliphatic rings. The summed E-state index contributed by atoms with van der Waals surface area (Å²) in [5.41, 5.74) is 1.29. The van der Waals surface area contributed by atoms with Crippen LogP contribution in [0.3, 0.4) is 0 Å². The summed E-state index contributed by atoms with van der Waals surface area (Å²) in [5, 5.41) is 15.6. The first kappa shape index (κ1) is 13.4. The Balaban J connectivity index is 2.20. The lowest BCUT2D eigenvalue weighted by Gasteiger charge is -2.03. The van der Waals surface area contributed by atoms with Gasteiger partial charge in [0, 0.05) is 11.5 Å². The van der Waals surface area contributed by atoms with Gasteiger partial charge in [0.15, 0.2) is 5.76 Å². The van der Waals surface area contributed by atoms with Gasteiger partial charge in [0.2, 0.25) is 0 Å². The summed E-state index contributed by atoms with van der Waals surface area (Å²) in [7, 11) is 0. The molecule has 1 heterocycles. The van der Waals surface area contributed by atoms with Gasteiger partial charge in [-0.3, -0.25) is 0 Å². The van der Waals surface area contributed by atoms with Crippen LogP contribution >= 0.6 is 0 Å². The zero-order valence-electron chi connectivity index (χ0n) is 11.8. The molecule has 0 saturated heterocycles. The summed E-state index contributed by atoms with van der Waals surface area (Å²) >= 11 is 0. The molecule has 0 aliphatic carbocycles. The molecule has 0 atom stereocenters. The van der Waals surface area contributed by atoms with Gasteiger partial charge in [-0.05, 0) is 16.8 Å². The van der Waals surface area contributed by atoms with Gasteiger partial charge >= 0.3 is 5.97 Å². The van der Waals surface area contributed by atoms with Gasteiger partial charge in [0.05, 0.1) is 0 Å². The van der Waals surface area contributed by atoms with E-state index >= 15 is 0 Å². The molecule has 0 amide bonds. The smallest absolute Gasteiger partial charge is 0.341 e. The number of carboxylic acid groups (broad SMARTS) is 1. The minimum atomic E-state index is -1.01. The van der Waals surface area contributed by atoms with E-state index in [4.69, 9.17) is 4.52 Å². The van der Waals surface area contributed by atoms with Crippen molar-refractivity contribution in [3.63, 3.8) is 0 Å². The minimum absolute atomic E-state index is 0.0298. The predicted octanol–water partition coefficient (Wildman–Crippen LogP) is 4.32. The fraction of sp³-hybridized carbons (Fsp3) is 0.176. The highest BCUT2D eigenvalue weighted by molar-refractivity contribution is 5.97. The molecule has 0 aliphatic heterocycles. The van der Waals surface area contributed by atoms with Crippen LogP contribution in [0, 0.1) is 0 Å². The molecule has 21 heavy (non-hydrogen) atoms. The summed E-state index contributed by atoms with van der Waals surface area (Å²) in [6.45, 7) is 3.77. The first-order valence-electron chi connectivity index (χ1n) is 6.80. The van der Waals surface area contributed by atoms with Crippen molar-refractivity contribution in [2.45, 2.75) is 19.8 Å². The molecule has 3 aromatic rings. The van der Waals surface area contributed by atoms with Gasteiger partial charge < -0.3 is 9.63 Å². The predicted molar refractivity (Wildman–Crippen MR) is 80.5 cm³/mol. The topological polar surface area (TPSA) is 63.3 Å². The second-order valence-corrected chi connectivity index (χ2v) is 5.29. The maximum atomic E-state index is 11.5. The Morgan fingerprint density at radius 3 is 2.52 bits per heavy atom. The molecule has 1 N–H and O–H groups in total. The van der Waals surface area contributed by atoms with Gasteiger partial charge in [-0.2, -0.15) is 0 Å². The van der Waals surface area contributed by atoms with Gasteiger partial charge in [0.1, 0.15) is 11.3 Å². The third kappa shape index (κ3) is 2.29. The van der Waals surface area contributed by atoms with Crippen molar-refractivity contribution in [2.75, 3.05) is 0 Å². The van der Waals surface area contributed by atoms with Crippen LogP contribution in [0.25, 0.3) is 22.0 Å². The van der Waals surface area contributed by atoms with Crippen LogP contribution in [-0.2, 0) is 0 Å². The number of nitrogens with zero attached hydrogens (tertiary/aromatic N) is 1. The van der Waals surface area contributed by atoms with E-state index in [1.807, 2.05) is 56.3 Å². The highest BCUT2D eigenvalue weighted by Crippen LogP contribution is 2.31. The van der Waals surface area contributed by atoms with Crippen molar-refractivity contribution in [2.24, 2.45) is 0 Å². The molecule has 0 fully saturated rings. The third-order valence-electron chi connectivity index (χ3n) is 3.48. The first-order chi connectivity index (χ1) is 10.1. The highest BCUT2D eigenvalue weighted by Gasteiger charge is 2.25. The third-order valence-corrected chi connectivity index (χ3v) is 3.48. The Morgan fingerprint density at radius 1 is 1.14 bits per heavy atom. The van der Waals surface area contributed by atoms with Crippen molar-refractivity contribution >= 4 is 16.7 Å². The van der Waals surface area contributed by atoms with Gasteiger partial charge in [-0.25, -0.2) is 4.79 Å². The van der Waals surface area contributed by atoms with E-state index in [1.165, 1.54) is 0 Å². The number of rotatable bonds is 3. The van der Waals surface area contributed by atoms with Crippen molar-refractivity contribution in [1.82, 2.24) is 5.16 Å². The van der Waals surface area contributed by atoms with E-state index in [-0.39, 0.29) is 11.5 Å². The monoisotopic (exact) mass is 281 g/mol. The fourth-order valence-corrected chi connectivity index (χ4v) is 2.44. The van der Waals surface area contributed by atoms with Crippen LogP contribution in [0.4, 0.5) is 0 Å². The Bertz CT molecular complexity index is 818. The summed E-state index contributed by atoms with van der Waals surface area (Å²) < 4.78 is 5.25. The SMILES string of the molecule is CC(C)c1onc(-c2ccc3ccccc3c2)c1C(=O)O. The maximum absolute atomic E-state index is 11.5. The Hall–Kier alpha value is -2.62. The molecule has 0 saturated carbocycles. The summed E-state index contributed by atoms with van der Waals surface area (Å²) in [6.07, 6.45) is 0. The normalized spacial score (nSPS) is 11.2. The van der Waals surface area contributed by atoms with E-state index in [1.54, 1.807) is 0 Å². The Kier molecular flexibility index (Phi) is 3.22. The number of hydrogen-bond donors (Lipinski definition) is 1. The molecule has 0 bridgehead atoms. The highest BCUT2D eigenvalue weighted by atomic mass is 16.5. The molecule has 1 aromatic heterocycles. The number of carboxylic acids is 1. The lowest BCUT2D eigenvalue weighted by molar-refractivity contribution is 0.0694. The van der Waals surface area contributed by atoms with Crippen LogP contribution in [0.15, 0.2) is 47.0 Å². The largest absolute Gasteiger partial charge is 0.477 e. The van der Waals surface area contributed by atoms with Crippen LogP contribution in [0.5, 0.6) is 0 Å². The van der Waals surface area contributed by atoms with Crippen molar-refractivity contribution < 1.29 is 14.4 Å². The molecule has 4 nitrogen and oxygen atoms in total. The number of aromatic nitrogens is 1. The van der Waals surface area contributed by atoms with Crippen molar-refractivity contribution in [3.05, 3.63) is 53.8 Å². The van der Waals surface area contributed by atoms with Crippen LogP contribution in [0.1, 0.15) is 35.9 Å². The quantitative estimate of drug-likeness (QED) is 0.776. The van der Waals surface area contributed by atoms with Gasteiger partial charge in [-0.1, -0.05) is 55.4 Å². The fourth-order valence-electron chi connectivity index (χ4n) is 2.44. The number of aromatic carboxylic acids is 1. The van der Waals surface area contributed by atoms with E-state index in [0.717, 1.165) is 16.3 Å². The maximum Gasteiger partial charge on any atom is 0.341 e. The minimum Gasteiger partial charge on any atom is -0.477 e. The Labute approximate surface area is 122 Å². The Morgan fingerprint density at radius 2 is 1.86 bits per heavy atom. The molecule has 3 rings (SSSR count).